The molecular formula is C21H17Cl2F3N2O3S. The zero-order valence-electron chi connectivity index (χ0n) is 16.6. The summed E-state index contributed by atoms with van der Waals surface area (Å²) in [4.78, 5) is 13.5. The van der Waals surface area contributed by atoms with E-state index in [2.05, 4.69) is 10.5 Å². The quantitative estimate of drug-likeness (QED) is 0.612. The molecule has 11 heteroatoms. The Hall–Kier alpha value is -1.94. The average molecular weight is 505 g/mol. The monoisotopic (exact) mass is 504 g/mol. The lowest BCUT2D eigenvalue weighted by molar-refractivity contribution is -0.188. The number of carbonyl (C=O) groups excluding carboxylic acids is 1. The van der Waals surface area contributed by atoms with E-state index in [-0.39, 0.29) is 38.4 Å². The van der Waals surface area contributed by atoms with Gasteiger partial charge in [-0.05, 0) is 53.0 Å². The van der Waals surface area contributed by atoms with Gasteiger partial charge in [0.25, 0.3) is 0 Å². The van der Waals surface area contributed by atoms with Crippen LogP contribution in [-0.4, -0.2) is 39.3 Å². The lowest BCUT2D eigenvalue weighted by Gasteiger charge is -2.43. The molecule has 2 unspecified atom stereocenters. The van der Waals surface area contributed by atoms with Crippen LogP contribution in [-0.2, 0) is 21.4 Å². The minimum atomic E-state index is -4.91. The Labute approximate surface area is 194 Å². The highest BCUT2D eigenvalue weighted by atomic mass is 35.5. The number of benzene rings is 1. The highest BCUT2D eigenvalue weighted by molar-refractivity contribution is 7.92. The van der Waals surface area contributed by atoms with Crippen molar-refractivity contribution in [3.63, 3.8) is 0 Å². The van der Waals surface area contributed by atoms with Crippen LogP contribution in [0.5, 0.6) is 0 Å². The van der Waals surface area contributed by atoms with Crippen molar-refractivity contribution in [2.75, 3.05) is 11.5 Å². The second kappa shape index (κ2) is 8.44. The van der Waals surface area contributed by atoms with Crippen molar-refractivity contribution >= 4 is 45.9 Å². The molecule has 1 aliphatic carbocycles. The number of hydrogen-bond acceptors (Lipinski definition) is 4. The van der Waals surface area contributed by atoms with Gasteiger partial charge in [-0.15, -0.1) is 0 Å². The lowest BCUT2D eigenvalue weighted by atomic mass is 9.62. The van der Waals surface area contributed by atoms with Crippen LogP contribution in [0.25, 0.3) is 5.57 Å². The molecule has 170 valence electrons. The van der Waals surface area contributed by atoms with Gasteiger partial charge in [0.2, 0.25) is 5.91 Å². The Balaban J connectivity index is 1.94. The third-order valence-corrected chi connectivity index (χ3v) is 7.66. The molecule has 1 aromatic heterocycles. The molecule has 0 radical (unpaired) electrons. The average Bonchev–Trinajstić information content (AvgIpc) is 3.19. The van der Waals surface area contributed by atoms with E-state index in [1.807, 2.05) is 0 Å². The van der Waals surface area contributed by atoms with Crippen molar-refractivity contribution < 1.29 is 27.0 Å². The minimum absolute atomic E-state index is 0.00679. The van der Waals surface area contributed by atoms with Crippen LogP contribution in [0.15, 0.2) is 52.8 Å². The van der Waals surface area contributed by atoms with E-state index < -0.39 is 40.6 Å². The van der Waals surface area contributed by atoms with Crippen molar-refractivity contribution in [2.45, 2.75) is 24.6 Å². The third kappa shape index (κ3) is 3.96. The van der Waals surface area contributed by atoms with Crippen molar-refractivity contribution in [1.29, 1.82) is 0 Å². The van der Waals surface area contributed by atoms with Crippen molar-refractivity contribution in [1.82, 2.24) is 10.5 Å². The van der Waals surface area contributed by atoms with Gasteiger partial charge in [0.05, 0.1) is 5.92 Å². The molecule has 1 amide bonds. The summed E-state index contributed by atoms with van der Waals surface area (Å²) in [6.45, 7) is 1.60. The van der Waals surface area contributed by atoms with Crippen LogP contribution in [0.3, 0.4) is 0 Å². The van der Waals surface area contributed by atoms with Gasteiger partial charge in [-0.2, -0.15) is 13.2 Å². The summed E-state index contributed by atoms with van der Waals surface area (Å²) < 4.78 is 61.2. The molecule has 4 rings (SSSR count). The molecule has 1 aromatic carbocycles. The number of aromatic nitrogens is 1. The number of allylic oxidation sites excluding steroid dienone is 3. The first-order chi connectivity index (χ1) is 15.0. The molecule has 2 heterocycles. The van der Waals surface area contributed by atoms with Crippen LogP contribution >= 0.6 is 23.2 Å². The van der Waals surface area contributed by atoms with Gasteiger partial charge in [0.15, 0.2) is 0 Å². The first-order valence-electron chi connectivity index (χ1n) is 9.52. The molecule has 0 bridgehead atoms. The molecule has 32 heavy (non-hydrogen) atoms. The standard InChI is InChI=1S/C21H17Cl2F3N2O3S/c1-11-2-4-20(21(24,25)26,12-6-13(22)8-14(23)7-12)18(17(11)16-3-5-31-28-16)19(29)27-15-9-32(30)10-15/h2-8,15,18H,9-10H2,1H3,(H,27,29). The van der Waals surface area contributed by atoms with Crippen LogP contribution in [0.1, 0.15) is 18.2 Å². The van der Waals surface area contributed by atoms with Crippen LogP contribution in [0.2, 0.25) is 10.0 Å². The summed E-state index contributed by atoms with van der Waals surface area (Å²) in [5.41, 5.74) is -2.42. The largest absolute Gasteiger partial charge is 0.616 e. The van der Waals surface area contributed by atoms with E-state index >= 15 is 0 Å². The number of amides is 1. The molecule has 2 atom stereocenters. The Bertz CT molecular complexity index is 1080. The number of hydrogen-bond donors (Lipinski definition) is 1. The maximum absolute atomic E-state index is 15.0. The predicted octanol–water partition coefficient (Wildman–Crippen LogP) is 4.69. The number of halogens is 5. The fourth-order valence-corrected chi connectivity index (χ4v) is 5.67. The summed E-state index contributed by atoms with van der Waals surface area (Å²) in [7, 11) is 0. The Morgan fingerprint density at radius 3 is 2.47 bits per heavy atom. The van der Waals surface area contributed by atoms with Gasteiger partial charge < -0.3 is 14.4 Å². The van der Waals surface area contributed by atoms with Gasteiger partial charge >= 0.3 is 6.18 Å². The van der Waals surface area contributed by atoms with Crippen LogP contribution in [0.4, 0.5) is 13.2 Å². The number of rotatable bonds is 4. The number of nitrogens with zero attached hydrogens (tertiary/aromatic N) is 1. The Morgan fingerprint density at radius 1 is 1.28 bits per heavy atom. The van der Waals surface area contributed by atoms with Crippen molar-refractivity contribution in [3.05, 3.63) is 69.6 Å². The van der Waals surface area contributed by atoms with E-state index in [4.69, 9.17) is 27.7 Å². The fourth-order valence-electron chi connectivity index (χ4n) is 4.18. The van der Waals surface area contributed by atoms with E-state index in [0.717, 1.165) is 18.2 Å². The maximum Gasteiger partial charge on any atom is 0.402 e. The number of carbonyl (C=O) groups is 1. The van der Waals surface area contributed by atoms with E-state index in [1.165, 1.54) is 24.5 Å². The van der Waals surface area contributed by atoms with Gasteiger partial charge in [0.1, 0.15) is 34.9 Å². The number of alkyl halides is 3. The van der Waals surface area contributed by atoms with Crippen molar-refractivity contribution in [3.8, 4) is 0 Å². The molecule has 0 saturated carbocycles. The molecule has 2 aliphatic rings. The SMILES string of the molecule is CC1=C(c2ccon2)C(C(=O)NC2C[S+]([O-])C2)C(c2cc(Cl)cc(Cl)c2)(C(F)(F)F)C=C1. The van der Waals surface area contributed by atoms with Gasteiger partial charge in [-0.1, -0.05) is 40.5 Å². The molecule has 1 saturated heterocycles. The molecule has 1 fully saturated rings. The summed E-state index contributed by atoms with van der Waals surface area (Å²) in [5.74, 6) is -2.22. The summed E-state index contributed by atoms with van der Waals surface area (Å²) >= 11 is 11.0. The zero-order chi connectivity index (χ0) is 23.3. The first-order valence-corrected chi connectivity index (χ1v) is 11.8. The van der Waals surface area contributed by atoms with Crippen molar-refractivity contribution in [2.24, 2.45) is 5.92 Å². The first kappa shape index (κ1) is 23.2. The normalized spacial score (nSPS) is 27.9. The number of nitrogens with one attached hydrogen (secondary N) is 1. The maximum atomic E-state index is 15.0. The van der Waals surface area contributed by atoms with Crippen LogP contribution in [0, 0.1) is 5.92 Å². The van der Waals surface area contributed by atoms with E-state index in [9.17, 15) is 22.5 Å². The third-order valence-electron chi connectivity index (χ3n) is 5.67. The smallest absolute Gasteiger partial charge is 0.402 e. The predicted molar refractivity (Wildman–Crippen MR) is 116 cm³/mol. The molecule has 2 aromatic rings. The van der Waals surface area contributed by atoms with E-state index in [0.29, 0.717) is 5.57 Å². The lowest BCUT2D eigenvalue weighted by Crippen LogP contribution is -2.59. The molecular weight excluding hydrogens is 488 g/mol. The van der Waals surface area contributed by atoms with Gasteiger partial charge in [0, 0.05) is 16.1 Å². The Morgan fingerprint density at radius 2 is 1.94 bits per heavy atom. The Kier molecular flexibility index (Phi) is 6.13. The van der Waals surface area contributed by atoms with Crippen LogP contribution < -0.4 is 5.32 Å². The highest BCUT2D eigenvalue weighted by Crippen LogP contribution is 2.55. The minimum Gasteiger partial charge on any atom is -0.616 e. The second-order valence-electron chi connectivity index (χ2n) is 7.75. The molecule has 1 aliphatic heterocycles. The summed E-state index contributed by atoms with van der Waals surface area (Å²) in [5, 5.41) is 6.45. The van der Waals surface area contributed by atoms with Gasteiger partial charge in [-0.25, -0.2) is 0 Å². The van der Waals surface area contributed by atoms with Gasteiger partial charge in [-0.3, -0.25) is 4.79 Å². The summed E-state index contributed by atoms with van der Waals surface area (Å²) in [6.07, 6.45) is -1.40. The second-order valence-corrected chi connectivity index (χ2v) is 10.2. The molecule has 1 N–H and O–H groups in total. The topological polar surface area (TPSA) is 78.2 Å². The molecule has 0 spiro atoms. The fraction of sp³-hybridized carbons (Fsp3) is 0.333. The molecule has 5 nitrogen and oxygen atoms in total. The zero-order valence-corrected chi connectivity index (χ0v) is 18.9. The van der Waals surface area contributed by atoms with E-state index in [1.54, 1.807) is 6.92 Å². The highest BCUT2D eigenvalue weighted by Gasteiger charge is 2.63. The summed E-state index contributed by atoms with van der Waals surface area (Å²) in [6, 6.07) is 4.57.